The van der Waals surface area contributed by atoms with E-state index in [9.17, 15) is 14.7 Å². The van der Waals surface area contributed by atoms with Gasteiger partial charge in [0.15, 0.2) is 0 Å². The number of fused-ring (bicyclic) bond motifs is 1. The van der Waals surface area contributed by atoms with E-state index in [4.69, 9.17) is 0 Å². The van der Waals surface area contributed by atoms with Crippen LogP contribution >= 0.6 is 0 Å². The van der Waals surface area contributed by atoms with Gasteiger partial charge in [0.05, 0.1) is 5.41 Å². The number of aliphatic carboxylic acids is 1. The lowest BCUT2D eigenvalue weighted by atomic mass is 9.46. The third-order valence-corrected chi connectivity index (χ3v) is 6.95. The highest BCUT2D eigenvalue weighted by atomic mass is 16.4. The predicted octanol–water partition coefficient (Wildman–Crippen LogP) is 4.86. The summed E-state index contributed by atoms with van der Waals surface area (Å²) in [4.78, 5) is 22.7. The van der Waals surface area contributed by atoms with E-state index in [1.165, 1.54) is 5.57 Å². The van der Waals surface area contributed by atoms with E-state index in [1.54, 1.807) is 0 Å². The molecule has 0 aromatic heterocycles. The van der Waals surface area contributed by atoms with Crippen molar-refractivity contribution in [3.63, 3.8) is 0 Å². The minimum Gasteiger partial charge on any atom is -0.481 e. The van der Waals surface area contributed by atoms with Crippen molar-refractivity contribution in [3.05, 3.63) is 12.2 Å². The summed E-state index contributed by atoms with van der Waals surface area (Å²) in [5.41, 5.74) is 0.749. The van der Waals surface area contributed by atoms with Gasteiger partial charge in [-0.3, -0.25) is 4.79 Å². The first-order chi connectivity index (χ1) is 10.8. The molecule has 2 aliphatic rings. The molecule has 23 heavy (non-hydrogen) atoms. The third-order valence-electron chi connectivity index (χ3n) is 6.95. The number of hydrogen-bond donors (Lipinski definition) is 1. The highest BCUT2D eigenvalue weighted by Crippen LogP contribution is 2.62. The van der Waals surface area contributed by atoms with Crippen molar-refractivity contribution in [1.29, 1.82) is 0 Å². The predicted molar refractivity (Wildman–Crippen MR) is 92.1 cm³/mol. The topological polar surface area (TPSA) is 54.4 Å². The third kappa shape index (κ3) is 3.25. The zero-order valence-corrected chi connectivity index (χ0v) is 14.9. The number of aldehydes is 1. The lowest BCUT2D eigenvalue weighted by Crippen LogP contribution is -2.53. The fourth-order valence-electron chi connectivity index (χ4n) is 5.47. The van der Waals surface area contributed by atoms with Gasteiger partial charge in [-0.25, -0.2) is 0 Å². The first kappa shape index (κ1) is 18.2. The molecule has 3 nitrogen and oxygen atoms in total. The Morgan fingerprint density at radius 1 is 1.43 bits per heavy atom. The number of hydrogen-bond acceptors (Lipinski definition) is 2. The summed E-state index contributed by atoms with van der Waals surface area (Å²) in [5.74, 6) is 0.403. The number of carboxylic acids is 1. The van der Waals surface area contributed by atoms with Gasteiger partial charge in [-0.15, -0.1) is 0 Å². The Kier molecular flexibility index (Phi) is 5.37. The summed E-state index contributed by atoms with van der Waals surface area (Å²) in [6.45, 7) is 10.7. The molecule has 3 heteroatoms. The monoisotopic (exact) mass is 320 g/mol. The zero-order valence-electron chi connectivity index (χ0n) is 14.9. The van der Waals surface area contributed by atoms with Crippen molar-refractivity contribution < 1.29 is 14.7 Å². The maximum atomic E-state index is 12.0. The molecule has 0 spiro atoms. The summed E-state index contributed by atoms with van der Waals surface area (Å²) in [6.07, 6.45) is 8.48. The largest absolute Gasteiger partial charge is 0.481 e. The van der Waals surface area contributed by atoms with Gasteiger partial charge in [-0.2, -0.15) is 0 Å². The van der Waals surface area contributed by atoms with Crippen molar-refractivity contribution in [2.45, 2.75) is 72.1 Å². The summed E-state index contributed by atoms with van der Waals surface area (Å²) in [7, 11) is 0. The average Bonchev–Trinajstić information content (AvgIpc) is 2.46. The fraction of sp³-hybridized carbons (Fsp3) is 0.800. The number of carboxylic acid groups (broad SMARTS) is 1. The second-order valence-corrected chi connectivity index (χ2v) is 8.47. The molecule has 0 amide bonds. The lowest BCUT2D eigenvalue weighted by molar-refractivity contribution is -0.164. The van der Waals surface area contributed by atoms with Crippen LogP contribution in [0, 0.1) is 28.6 Å². The van der Waals surface area contributed by atoms with Gasteiger partial charge in [0.1, 0.15) is 6.29 Å². The Morgan fingerprint density at radius 3 is 2.74 bits per heavy atom. The normalized spacial score (nSPS) is 38.7. The van der Waals surface area contributed by atoms with Crippen LogP contribution in [-0.4, -0.2) is 17.4 Å². The molecule has 2 saturated carbocycles. The van der Waals surface area contributed by atoms with Crippen molar-refractivity contribution in [2.75, 3.05) is 0 Å². The number of carbonyl (C=O) groups is 2. The van der Waals surface area contributed by atoms with E-state index in [1.807, 2.05) is 6.92 Å². The first-order valence-corrected chi connectivity index (χ1v) is 9.10. The molecule has 0 unspecified atom stereocenters. The number of rotatable bonds is 6. The second-order valence-electron chi connectivity index (χ2n) is 8.47. The van der Waals surface area contributed by atoms with Crippen LogP contribution in [-0.2, 0) is 9.59 Å². The molecule has 0 heterocycles. The van der Waals surface area contributed by atoms with E-state index in [-0.39, 0.29) is 11.3 Å². The smallest absolute Gasteiger partial charge is 0.309 e. The Morgan fingerprint density at radius 2 is 2.13 bits per heavy atom. The average molecular weight is 320 g/mol. The van der Waals surface area contributed by atoms with Crippen LogP contribution in [0.2, 0.25) is 0 Å². The molecule has 2 fully saturated rings. The SMILES string of the molecule is C=C1CC[C@@H]2[C@](C)(CCC[C@@]2(C)C(=O)O)[C@H]1CC[C@@H](C)CC=O. The summed E-state index contributed by atoms with van der Waals surface area (Å²) >= 11 is 0. The van der Waals surface area contributed by atoms with E-state index in [0.29, 0.717) is 18.3 Å². The van der Waals surface area contributed by atoms with E-state index in [2.05, 4.69) is 20.4 Å². The minimum atomic E-state index is -0.631. The van der Waals surface area contributed by atoms with Crippen LogP contribution in [0.5, 0.6) is 0 Å². The molecule has 0 bridgehead atoms. The molecule has 5 atom stereocenters. The molecule has 2 aliphatic carbocycles. The lowest BCUT2D eigenvalue weighted by Gasteiger charge is -2.57. The van der Waals surface area contributed by atoms with Gasteiger partial charge in [0.2, 0.25) is 0 Å². The number of allylic oxidation sites excluding steroid dienone is 1. The maximum absolute atomic E-state index is 12.0. The summed E-state index contributed by atoms with van der Waals surface area (Å²) in [5, 5.41) is 9.83. The highest BCUT2D eigenvalue weighted by molar-refractivity contribution is 5.75. The Hall–Kier alpha value is -1.12. The molecular formula is C20H32O3. The molecule has 0 aliphatic heterocycles. The quantitative estimate of drug-likeness (QED) is 0.562. The molecular weight excluding hydrogens is 288 g/mol. The van der Waals surface area contributed by atoms with Gasteiger partial charge in [0, 0.05) is 6.42 Å². The van der Waals surface area contributed by atoms with Crippen LogP contribution in [0.4, 0.5) is 0 Å². The molecule has 0 aromatic carbocycles. The van der Waals surface area contributed by atoms with Crippen LogP contribution < -0.4 is 0 Å². The second kappa shape index (κ2) is 6.78. The number of carbonyl (C=O) groups excluding carboxylic acids is 1. The van der Waals surface area contributed by atoms with Crippen LogP contribution in [0.15, 0.2) is 12.2 Å². The molecule has 0 radical (unpaired) electrons. The summed E-state index contributed by atoms with van der Waals surface area (Å²) < 4.78 is 0. The zero-order chi connectivity index (χ0) is 17.3. The standard InChI is InChI=1S/C20H32O3/c1-14(10-13-21)6-8-16-15(2)7-9-17-19(16,3)11-5-12-20(17,4)18(22)23/h13-14,16-17H,2,5-12H2,1,3-4H3,(H,22,23)/t14-,16+,17-,19-,20-/m1/s1. The van der Waals surface area contributed by atoms with Crippen LogP contribution in [0.25, 0.3) is 0 Å². The first-order valence-electron chi connectivity index (χ1n) is 9.10. The van der Waals surface area contributed by atoms with Gasteiger partial charge < -0.3 is 9.90 Å². The van der Waals surface area contributed by atoms with Crippen LogP contribution in [0.1, 0.15) is 72.1 Å². The minimum absolute atomic E-state index is 0.0433. The Bertz CT molecular complexity index is 483. The molecule has 2 rings (SSSR count). The van der Waals surface area contributed by atoms with Gasteiger partial charge in [0.25, 0.3) is 0 Å². The molecule has 130 valence electrons. The van der Waals surface area contributed by atoms with E-state index >= 15 is 0 Å². The Labute approximate surface area is 140 Å². The van der Waals surface area contributed by atoms with Gasteiger partial charge >= 0.3 is 5.97 Å². The van der Waals surface area contributed by atoms with Gasteiger partial charge in [-0.05, 0) is 68.6 Å². The Balaban J connectivity index is 2.22. The highest BCUT2D eigenvalue weighted by Gasteiger charge is 2.57. The van der Waals surface area contributed by atoms with Gasteiger partial charge in [-0.1, -0.05) is 32.4 Å². The summed E-state index contributed by atoms with van der Waals surface area (Å²) in [6, 6.07) is 0. The van der Waals surface area contributed by atoms with Crippen LogP contribution in [0.3, 0.4) is 0 Å². The van der Waals surface area contributed by atoms with Crippen molar-refractivity contribution in [1.82, 2.24) is 0 Å². The van der Waals surface area contributed by atoms with E-state index < -0.39 is 11.4 Å². The van der Waals surface area contributed by atoms with E-state index in [0.717, 1.165) is 51.2 Å². The molecule has 1 N–H and O–H groups in total. The van der Waals surface area contributed by atoms with Crippen molar-refractivity contribution >= 4 is 12.3 Å². The molecule has 0 aromatic rings. The van der Waals surface area contributed by atoms with Crippen molar-refractivity contribution in [2.24, 2.45) is 28.6 Å². The molecule has 0 saturated heterocycles. The van der Waals surface area contributed by atoms with Crippen molar-refractivity contribution in [3.8, 4) is 0 Å². The maximum Gasteiger partial charge on any atom is 0.309 e. The fourth-order valence-corrected chi connectivity index (χ4v) is 5.47.